The van der Waals surface area contributed by atoms with E-state index in [-0.39, 0.29) is 11.8 Å². The molecule has 1 aliphatic rings. The number of carbonyl (C=O) groups is 2. The highest BCUT2D eigenvalue weighted by Gasteiger charge is 2.20. The molecule has 1 fully saturated rings. The van der Waals surface area contributed by atoms with Crippen LogP contribution in [-0.2, 0) is 17.9 Å². The summed E-state index contributed by atoms with van der Waals surface area (Å²) in [7, 11) is 0. The van der Waals surface area contributed by atoms with Crippen LogP contribution in [0.3, 0.4) is 0 Å². The van der Waals surface area contributed by atoms with E-state index in [1.54, 1.807) is 0 Å². The molecular formula is C25H26N2O3S. The van der Waals surface area contributed by atoms with E-state index in [1.165, 1.54) is 11.3 Å². The summed E-state index contributed by atoms with van der Waals surface area (Å²) >= 11 is 1.44. The molecule has 0 bridgehead atoms. The number of hydrogen-bond acceptors (Lipinski definition) is 4. The van der Waals surface area contributed by atoms with Gasteiger partial charge in [-0.1, -0.05) is 54.6 Å². The average molecular weight is 435 g/mol. The number of likely N-dealkylation sites (tertiary alicyclic amines) is 1. The Bertz CT molecular complexity index is 1060. The van der Waals surface area contributed by atoms with Gasteiger partial charge in [0.25, 0.3) is 5.91 Å². The predicted octanol–water partition coefficient (Wildman–Crippen LogP) is 4.87. The first kappa shape index (κ1) is 21.1. The molecule has 0 spiro atoms. The van der Waals surface area contributed by atoms with Crippen LogP contribution >= 0.6 is 11.3 Å². The molecule has 2 heterocycles. The largest absolute Gasteiger partial charge is 0.492 e. The van der Waals surface area contributed by atoms with Gasteiger partial charge in [0.2, 0.25) is 5.91 Å². The van der Waals surface area contributed by atoms with E-state index in [1.807, 2.05) is 66.4 Å². The highest BCUT2D eigenvalue weighted by molar-refractivity contribution is 7.17. The van der Waals surface area contributed by atoms with Gasteiger partial charge in [0.1, 0.15) is 10.6 Å². The Hall–Kier alpha value is -3.12. The lowest BCUT2D eigenvalue weighted by Crippen LogP contribution is -2.24. The molecule has 1 N–H and O–H groups in total. The van der Waals surface area contributed by atoms with Crippen molar-refractivity contribution in [1.82, 2.24) is 10.2 Å². The molecule has 0 atom stereocenters. The van der Waals surface area contributed by atoms with Crippen molar-refractivity contribution in [2.75, 3.05) is 13.2 Å². The lowest BCUT2D eigenvalue weighted by atomic mass is 10.1. The number of hydrogen-bond donors (Lipinski definition) is 1. The first-order chi connectivity index (χ1) is 15.1. The van der Waals surface area contributed by atoms with Crippen molar-refractivity contribution in [3.05, 3.63) is 76.7 Å². The van der Waals surface area contributed by atoms with Crippen molar-refractivity contribution in [2.45, 2.75) is 32.9 Å². The number of nitrogens with zero attached hydrogens (tertiary/aromatic N) is 1. The molecule has 1 aromatic heterocycles. The zero-order valence-electron chi connectivity index (χ0n) is 17.6. The summed E-state index contributed by atoms with van der Waals surface area (Å²) in [5.74, 6) is 0.690. The van der Waals surface area contributed by atoms with Crippen LogP contribution in [0.4, 0.5) is 0 Å². The fourth-order valence-corrected chi connectivity index (χ4v) is 4.76. The maximum absolute atomic E-state index is 12.9. The van der Waals surface area contributed by atoms with E-state index in [9.17, 15) is 9.59 Å². The minimum Gasteiger partial charge on any atom is -0.492 e. The molecule has 2 aromatic carbocycles. The van der Waals surface area contributed by atoms with Gasteiger partial charge in [-0.05, 0) is 36.1 Å². The third-order valence-electron chi connectivity index (χ3n) is 5.25. The van der Waals surface area contributed by atoms with E-state index in [0.717, 1.165) is 34.5 Å². The van der Waals surface area contributed by atoms with Crippen molar-refractivity contribution in [2.24, 2.45) is 0 Å². The van der Waals surface area contributed by atoms with Gasteiger partial charge in [-0.3, -0.25) is 9.59 Å². The van der Waals surface area contributed by atoms with E-state index >= 15 is 0 Å². The summed E-state index contributed by atoms with van der Waals surface area (Å²) in [6.07, 6.45) is 1.58. The van der Waals surface area contributed by atoms with Crippen LogP contribution in [0, 0.1) is 0 Å². The summed E-state index contributed by atoms with van der Waals surface area (Å²) in [6, 6.07) is 20.0. The Morgan fingerprint density at radius 2 is 1.90 bits per heavy atom. The van der Waals surface area contributed by atoms with Crippen LogP contribution in [0.15, 0.2) is 60.7 Å². The van der Waals surface area contributed by atoms with Gasteiger partial charge in [0.15, 0.2) is 0 Å². The Balaban J connectivity index is 1.44. The fraction of sp³-hybridized carbons (Fsp3) is 0.280. The topological polar surface area (TPSA) is 58.6 Å². The molecule has 0 aliphatic carbocycles. The maximum Gasteiger partial charge on any atom is 0.265 e. The molecule has 4 rings (SSSR count). The summed E-state index contributed by atoms with van der Waals surface area (Å²) in [6.45, 7) is 4.29. The second kappa shape index (κ2) is 9.79. The van der Waals surface area contributed by atoms with Crippen LogP contribution in [0.25, 0.3) is 10.4 Å². The van der Waals surface area contributed by atoms with Gasteiger partial charge < -0.3 is 15.0 Å². The van der Waals surface area contributed by atoms with Crippen LogP contribution < -0.4 is 10.1 Å². The predicted molar refractivity (Wildman–Crippen MR) is 123 cm³/mol. The molecule has 5 nitrogen and oxygen atoms in total. The quantitative estimate of drug-likeness (QED) is 0.550. The van der Waals surface area contributed by atoms with Crippen LogP contribution in [0.5, 0.6) is 5.75 Å². The number of carbonyl (C=O) groups excluding carboxylic acids is 2. The SMILES string of the molecule is CCOc1cc(-c2ccccc2)sc1C(=O)NCc1cccc(CN2CCCC2=O)c1. The standard InChI is InChI=1S/C25H26N2O3S/c1-2-30-21-15-22(20-10-4-3-5-11-20)31-24(21)25(29)26-16-18-8-6-9-19(14-18)17-27-13-7-12-23(27)28/h3-6,8-11,14-15H,2,7,12-13,16-17H2,1H3,(H,26,29). The lowest BCUT2D eigenvalue weighted by molar-refractivity contribution is -0.128. The number of benzene rings is 2. The second-order valence-electron chi connectivity index (χ2n) is 7.52. The Morgan fingerprint density at radius 1 is 1.10 bits per heavy atom. The van der Waals surface area contributed by atoms with Gasteiger partial charge in [0.05, 0.1) is 6.61 Å². The molecule has 160 valence electrons. The minimum absolute atomic E-state index is 0.143. The van der Waals surface area contributed by atoms with Crippen molar-refractivity contribution in [3.8, 4) is 16.2 Å². The van der Waals surface area contributed by atoms with Crippen LogP contribution in [0.1, 0.15) is 40.6 Å². The smallest absolute Gasteiger partial charge is 0.265 e. The fourth-order valence-electron chi connectivity index (χ4n) is 3.73. The van der Waals surface area contributed by atoms with Gasteiger partial charge in [-0.15, -0.1) is 11.3 Å². The monoisotopic (exact) mass is 434 g/mol. The van der Waals surface area contributed by atoms with E-state index < -0.39 is 0 Å². The highest BCUT2D eigenvalue weighted by Crippen LogP contribution is 2.36. The Labute approximate surface area is 186 Å². The Kier molecular flexibility index (Phi) is 6.67. The molecule has 1 saturated heterocycles. The zero-order valence-corrected chi connectivity index (χ0v) is 18.4. The van der Waals surface area contributed by atoms with Crippen LogP contribution in [0.2, 0.25) is 0 Å². The number of thiophene rings is 1. The number of ether oxygens (including phenoxy) is 1. The molecule has 1 aliphatic heterocycles. The highest BCUT2D eigenvalue weighted by atomic mass is 32.1. The van der Waals surface area contributed by atoms with Gasteiger partial charge in [0, 0.05) is 30.9 Å². The summed E-state index contributed by atoms with van der Waals surface area (Å²) in [5, 5.41) is 3.02. The van der Waals surface area contributed by atoms with E-state index in [2.05, 4.69) is 11.4 Å². The lowest BCUT2D eigenvalue weighted by Gasteiger charge is -2.16. The van der Waals surface area contributed by atoms with Crippen molar-refractivity contribution in [3.63, 3.8) is 0 Å². The normalized spacial score (nSPS) is 13.5. The molecule has 31 heavy (non-hydrogen) atoms. The van der Waals surface area contributed by atoms with E-state index in [0.29, 0.717) is 36.7 Å². The van der Waals surface area contributed by atoms with Crippen LogP contribution in [-0.4, -0.2) is 29.9 Å². The number of amides is 2. The molecular weight excluding hydrogens is 408 g/mol. The molecule has 6 heteroatoms. The first-order valence-corrected chi connectivity index (χ1v) is 11.4. The third kappa shape index (κ3) is 5.14. The summed E-state index contributed by atoms with van der Waals surface area (Å²) in [4.78, 5) is 28.3. The van der Waals surface area contributed by atoms with Crippen molar-refractivity contribution < 1.29 is 14.3 Å². The number of nitrogens with one attached hydrogen (secondary N) is 1. The molecule has 0 saturated carbocycles. The second-order valence-corrected chi connectivity index (χ2v) is 8.58. The molecule has 0 unspecified atom stereocenters. The average Bonchev–Trinajstić information content (AvgIpc) is 3.40. The Morgan fingerprint density at radius 3 is 2.65 bits per heavy atom. The molecule has 0 radical (unpaired) electrons. The number of rotatable bonds is 8. The minimum atomic E-state index is -0.143. The first-order valence-electron chi connectivity index (χ1n) is 10.6. The van der Waals surface area contributed by atoms with Gasteiger partial charge >= 0.3 is 0 Å². The third-order valence-corrected chi connectivity index (χ3v) is 6.42. The van der Waals surface area contributed by atoms with E-state index in [4.69, 9.17) is 4.74 Å². The maximum atomic E-state index is 12.9. The molecule has 2 amide bonds. The van der Waals surface area contributed by atoms with Gasteiger partial charge in [-0.2, -0.15) is 0 Å². The van der Waals surface area contributed by atoms with Gasteiger partial charge in [-0.25, -0.2) is 0 Å². The summed E-state index contributed by atoms with van der Waals surface area (Å²) in [5.41, 5.74) is 3.16. The van der Waals surface area contributed by atoms with Crippen molar-refractivity contribution in [1.29, 1.82) is 0 Å². The molecule has 3 aromatic rings. The zero-order chi connectivity index (χ0) is 21.6. The summed E-state index contributed by atoms with van der Waals surface area (Å²) < 4.78 is 5.73. The van der Waals surface area contributed by atoms with Crippen molar-refractivity contribution >= 4 is 23.2 Å².